The molecular weight excluding hydrogens is 556 g/mol. The van der Waals surface area contributed by atoms with Gasteiger partial charge in [-0.2, -0.15) is 5.10 Å². The van der Waals surface area contributed by atoms with Crippen molar-refractivity contribution in [3.05, 3.63) is 63.1 Å². The molecule has 0 radical (unpaired) electrons. The number of fused-ring (bicyclic) bond motifs is 1. The van der Waals surface area contributed by atoms with Gasteiger partial charge in [-0.1, -0.05) is 29.8 Å². The van der Waals surface area contributed by atoms with E-state index in [1.165, 1.54) is 30.3 Å². The van der Waals surface area contributed by atoms with Crippen LogP contribution in [0.25, 0.3) is 22.2 Å². The third-order valence-electron chi connectivity index (χ3n) is 4.66. The second-order valence-corrected chi connectivity index (χ2v) is 9.83. The Labute approximate surface area is 196 Å². The summed E-state index contributed by atoms with van der Waals surface area (Å²) in [4.78, 5) is 4.05. The fraction of sp³-hybridized carbons (Fsp3) is 0.100. The van der Waals surface area contributed by atoms with E-state index in [4.69, 9.17) is 17.3 Å². The molecule has 0 unspecified atom stereocenters. The van der Waals surface area contributed by atoms with E-state index in [0.29, 0.717) is 23.2 Å². The van der Waals surface area contributed by atoms with Crippen LogP contribution in [-0.4, -0.2) is 23.2 Å². The van der Waals surface area contributed by atoms with E-state index in [-0.39, 0.29) is 21.4 Å². The Morgan fingerprint density at radius 2 is 2.00 bits per heavy atom. The molecule has 0 bridgehead atoms. The minimum Gasteiger partial charge on any atom is -0.383 e. The molecule has 0 saturated carbocycles. The molecule has 0 fully saturated rings. The lowest BCUT2D eigenvalue weighted by atomic mass is 10.1. The van der Waals surface area contributed by atoms with Crippen molar-refractivity contribution in [3.63, 3.8) is 0 Å². The fourth-order valence-electron chi connectivity index (χ4n) is 3.24. The second kappa shape index (κ2) is 8.24. The van der Waals surface area contributed by atoms with Crippen molar-refractivity contribution in [2.75, 3.05) is 10.5 Å². The third-order valence-corrected chi connectivity index (χ3v) is 7.32. The van der Waals surface area contributed by atoms with Gasteiger partial charge in [-0.05, 0) is 53.8 Å². The van der Waals surface area contributed by atoms with Crippen LogP contribution in [0.4, 0.5) is 15.9 Å². The molecule has 0 aliphatic carbocycles. The third kappa shape index (κ3) is 3.94. The number of nitrogens with one attached hydrogen (secondary N) is 1. The summed E-state index contributed by atoms with van der Waals surface area (Å²) in [5.74, 6) is -0.474. The van der Waals surface area contributed by atoms with Crippen LogP contribution in [-0.2, 0) is 16.6 Å². The van der Waals surface area contributed by atoms with Crippen LogP contribution in [0.5, 0.6) is 0 Å². The monoisotopic (exact) mass is 571 g/mol. The van der Waals surface area contributed by atoms with Crippen molar-refractivity contribution in [2.24, 2.45) is 0 Å². The van der Waals surface area contributed by atoms with Gasteiger partial charge in [0.05, 0.1) is 25.2 Å². The zero-order valence-electron chi connectivity index (χ0n) is 16.1. The Bertz CT molecular complexity index is 1420. The van der Waals surface area contributed by atoms with Gasteiger partial charge in [0.1, 0.15) is 22.2 Å². The number of hydrogen-bond donors (Lipinski definition) is 2. The van der Waals surface area contributed by atoms with E-state index in [1.54, 1.807) is 23.0 Å². The Balaban J connectivity index is 1.77. The fourth-order valence-corrected chi connectivity index (χ4v) is 5.51. The van der Waals surface area contributed by atoms with Gasteiger partial charge >= 0.3 is 0 Å². The number of aryl methyl sites for hydroxylation is 1. The topological polar surface area (TPSA) is 103 Å². The molecule has 0 aliphatic rings. The molecule has 11 heteroatoms. The highest BCUT2D eigenvalue weighted by molar-refractivity contribution is 14.1. The molecule has 3 N–H and O–H groups in total. The number of halogens is 3. The number of benzene rings is 2. The lowest BCUT2D eigenvalue weighted by Crippen LogP contribution is -2.14. The molecular formula is C20H16ClFIN5O2S. The molecule has 2 aromatic carbocycles. The number of nitrogen functional groups attached to an aromatic ring is 1. The molecule has 160 valence electrons. The SMILES string of the molecule is CCn1nc(-c2ccc(NS(=O)(=O)c3ccccc3Cl)c(F)c2)c2c(N)ncc(I)c21. The van der Waals surface area contributed by atoms with Gasteiger partial charge < -0.3 is 5.73 Å². The molecule has 0 amide bonds. The van der Waals surface area contributed by atoms with Gasteiger partial charge in [-0.3, -0.25) is 9.40 Å². The van der Waals surface area contributed by atoms with Crippen molar-refractivity contribution in [3.8, 4) is 11.3 Å². The highest BCUT2D eigenvalue weighted by Gasteiger charge is 2.21. The molecule has 4 aromatic rings. The maximum atomic E-state index is 14.9. The smallest absolute Gasteiger partial charge is 0.263 e. The van der Waals surface area contributed by atoms with Gasteiger partial charge in [0.2, 0.25) is 0 Å². The van der Waals surface area contributed by atoms with Crippen LogP contribution in [0.3, 0.4) is 0 Å². The molecule has 0 aliphatic heterocycles. The summed E-state index contributed by atoms with van der Waals surface area (Å²) in [5, 5.41) is 5.24. The first-order valence-electron chi connectivity index (χ1n) is 9.10. The van der Waals surface area contributed by atoms with E-state index in [2.05, 4.69) is 37.4 Å². The second-order valence-electron chi connectivity index (χ2n) is 6.61. The summed E-state index contributed by atoms with van der Waals surface area (Å²) in [6.07, 6.45) is 1.66. The number of sulfonamides is 1. The molecule has 31 heavy (non-hydrogen) atoms. The molecule has 0 atom stereocenters. The van der Waals surface area contributed by atoms with E-state index in [9.17, 15) is 12.8 Å². The van der Waals surface area contributed by atoms with E-state index in [1.807, 2.05) is 6.92 Å². The maximum Gasteiger partial charge on any atom is 0.263 e. The van der Waals surface area contributed by atoms with Crippen molar-refractivity contribution < 1.29 is 12.8 Å². The first-order valence-corrected chi connectivity index (χ1v) is 12.0. The minimum absolute atomic E-state index is 0.0428. The van der Waals surface area contributed by atoms with Crippen LogP contribution in [0.1, 0.15) is 6.92 Å². The molecule has 2 aromatic heterocycles. The Kier molecular flexibility index (Phi) is 5.79. The Morgan fingerprint density at radius 3 is 2.68 bits per heavy atom. The van der Waals surface area contributed by atoms with Crippen molar-refractivity contribution in [2.45, 2.75) is 18.4 Å². The Hall–Kier alpha value is -2.44. The predicted molar refractivity (Wildman–Crippen MR) is 128 cm³/mol. The van der Waals surface area contributed by atoms with Crippen LogP contribution < -0.4 is 10.5 Å². The average molecular weight is 572 g/mol. The zero-order chi connectivity index (χ0) is 22.3. The molecule has 2 heterocycles. The quantitative estimate of drug-likeness (QED) is 0.332. The minimum atomic E-state index is -4.06. The standard InChI is InChI=1S/C20H16ClFIN5O2S/c1-2-28-19-14(23)10-25-20(24)17(19)18(26-28)11-7-8-15(13(22)9-11)27-31(29,30)16-6-4-3-5-12(16)21/h3-10,27H,2H2,1H3,(H2,24,25). The first-order chi connectivity index (χ1) is 14.7. The summed E-state index contributed by atoms with van der Waals surface area (Å²) in [7, 11) is -4.06. The number of anilines is 2. The number of pyridine rings is 1. The largest absolute Gasteiger partial charge is 0.383 e. The number of aromatic nitrogens is 3. The predicted octanol–water partition coefficient (Wildman–Crippen LogP) is 4.90. The van der Waals surface area contributed by atoms with Crippen LogP contribution in [0.2, 0.25) is 5.02 Å². The van der Waals surface area contributed by atoms with E-state index in [0.717, 1.165) is 9.09 Å². The number of nitrogens with two attached hydrogens (primary N) is 1. The van der Waals surface area contributed by atoms with E-state index < -0.39 is 15.8 Å². The molecule has 4 rings (SSSR count). The molecule has 7 nitrogen and oxygen atoms in total. The maximum absolute atomic E-state index is 14.9. The number of nitrogens with zero attached hydrogens (tertiary/aromatic N) is 3. The Morgan fingerprint density at radius 1 is 1.26 bits per heavy atom. The average Bonchev–Trinajstić information content (AvgIpc) is 3.13. The molecule has 0 saturated heterocycles. The van der Waals surface area contributed by atoms with Crippen LogP contribution >= 0.6 is 34.2 Å². The zero-order valence-corrected chi connectivity index (χ0v) is 19.8. The lowest BCUT2D eigenvalue weighted by Gasteiger charge is -2.11. The van der Waals surface area contributed by atoms with Crippen LogP contribution in [0.15, 0.2) is 53.6 Å². The van der Waals surface area contributed by atoms with Gasteiger partial charge in [-0.25, -0.2) is 17.8 Å². The summed E-state index contributed by atoms with van der Waals surface area (Å²) < 4.78 is 45.0. The van der Waals surface area contributed by atoms with Crippen molar-refractivity contribution >= 4 is 66.6 Å². The normalized spacial score (nSPS) is 11.7. The summed E-state index contributed by atoms with van der Waals surface area (Å²) in [5.41, 5.74) is 7.63. The van der Waals surface area contributed by atoms with Crippen LogP contribution in [0, 0.1) is 9.39 Å². The van der Waals surface area contributed by atoms with Crippen molar-refractivity contribution in [1.29, 1.82) is 0 Å². The van der Waals surface area contributed by atoms with Gasteiger partial charge in [0, 0.05) is 18.3 Å². The summed E-state index contributed by atoms with van der Waals surface area (Å²) >= 11 is 8.13. The van der Waals surface area contributed by atoms with E-state index >= 15 is 0 Å². The number of hydrogen-bond acceptors (Lipinski definition) is 5. The molecule has 0 spiro atoms. The summed E-state index contributed by atoms with van der Waals surface area (Å²) in [6, 6.07) is 10.1. The first kappa shape index (κ1) is 21.8. The summed E-state index contributed by atoms with van der Waals surface area (Å²) in [6.45, 7) is 2.53. The van der Waals surface area contributed by atoms with Crippen molar-refractivity contribution in [1.82, 2.24) is 14.8 Å². The lowest BCUT2D eigenvalue weighted by molar-refractivity contribution is 0.598. The number of rotatable bonds is 5. The van der Waals surface area contributed by atoms with Gasteiger partial charge in [-0.15, -0.1) is 0 Å². The van der Waals surface area contributed by atoms with Gasteiger partial charge in [0.15, 0.2) is 0 Å². The highest BCUT2D eigenvalue weighted by Crippen LogP contribution is 2.35. The highest BCUT2D eigenvalue weighted by atomic mass is 127. The van der Waals surface area contributed by atoms with Gasteiger partial charge in [0.25, 0.3) is 10.0 Å².